The lowest BCUT2D eigenvalue weighted by Crippen LogP contribution is -2.53. The molecule has 0 radical (unpaired) electrons. The quantitative estimate of drug-likeness (QED) is 0.0632. The molecule has 0 aliphatic carbocycles. The monoisotopic (exact) mass is 685 g/mol. The van der Waals surface area contributed by atoms with Crippen LogP contribution in [0, 0.1) is 0 Å². The molecule has 0 aliphatic rings. The van der Waals surface area contributed by atoms with E-state index in [1.165, 1.54) is 24.2 Å². The van der Waals surface area contributed by atoms with Gasteiger partial charge in [0.1, 0.15) is 30.5 Å². The molecule has 2 aromatic carbocycles. The number of nitrogens with one attached hydrogen (secondary N) is 4. The fourth-order valence-corrected chi connectivity index (χ4v) is 4.46. The maximum atomic E-state index is 13.6. The smallest absolute Gasteiger partial charge is 0.408 e. The Balaban J connectivity index is 2.08. The van der Waals surface area contributed by atoms with Gasteiger partial charge in [0.15, 0.2) is 0 Å². The molecule has 0 unspecified atom stereocenters. The molecule has 0 aliphatic heterocycles. The highest BCUT2D eigenvalue weighted by Crippen LogP contribution is 2.13. The number of likely N-dealkylation sites (N-methyl/N-ethyl adjacent to an activating group) is 1. The summed E-state index contributed by atoms with van der Waals surface area (Å²) in [6, 6.07) is 13.6. The lowest BCUT2D eigenvalue weighted by Gasteiger charge is -2.26. The van der Waals surface area contributed by atoms with Crippen LogP contribution in [0.5, 0.6) is 5.75 Å². The third kappa shape index (κ3) is 18.3. The normalized spacial score (nSPS) is 12.3. The van der Waals surface area contributed by atoms with Gasteiger partial charge in [0.25, 0.3) is 0 Å². The van der Waals surface area contributed by atoms with Gasteiger partial charge >= 0.3 is 18.2 Å². The Bertz CT molecular complexity index is 1330. The lowest BCUT2D eigenvalue weighted by atomic mass is 10.0. The van der Waals surface area contributed by atoms with E-state index in [4.69, 9.17) is 14.2 Å². The fourth-order valence-electron chi connectivity index (χ4n) is 4.46. The first kappa shape index (κ1) is 40.3. The number of alkyl carbamates (subject to hydrolysis) is 2. The lowest BCUT2D eigenvalue weighted by molar-refractivity contribution is -0.146. The Morgan fingerprint density at radius 2 is 1.57 bits per heavy atom. The van der Waals surface area contributed by atoms with Gasteiger partial charge < -0.3 is 35.3 Å². The van der Waals surface area contributed by atoms with Crippen molar-refractivity contribution in [3.63, 3.8) is 0 Å². The number of phenolic OH excluding ortho intramolecular Hbond substituents is 1. The number of unbranched alkanes of at least 4 members (excludes halogenated alkanes) is 1. The molecule has 5 N–H and O–H groups in total. The molecule has 270 valence electrons. The minimum absolute atomic E-state index is 0.0488. The number of hydrogen-bond donors (Lipinski definition) is 5. The standard InChI is InChI=1S/C35H51N5O9/c1-6-7-20-47-31(43)23-40(5)39-30(42)22-27(14-11-19-36-33(45)48-24-26-12-9-8-10-13-26)37-32(44)29(38-34(46)49-35(2,3)4)21-25-15-17-28(41)18-16-25/h8-10,12-13,15-18,27,29,41H,6-7,11,14,19-24H2,1-5H3,(H,36,45)(H,37,44)(H,38,46)(H,39,42)/t27-,29-/m0/s1. The predicted molar refractivity (Wildman–Crippen MR) is 182 cm³/mol. The maximum Gasteiger partial charge on any atom is 0.408 e. The average Bonchev–Trinajstić information content (AvgIpc) is 3.02. The van der Waals surface area contributed by atoms with E-state index in [-0.39, 0.29) is 44.7 Å². The molecule has 4 amide bonds. The zero-order valence-electron chi connectivity index (χ0n) is 29.1. The van der Waals surface area contributed by atoms with Crippen molar-refractivity contribution in [3.8, 4) is 5.75 Å². The molecular weight excluding hydrogens is 634 g/mol. The number of esters is 1. The number of hydrazine groups is 1. The molecule has 0 spiro atoms. The van der Waals surface area contributed by atoms with E-state index in [1.807, 2.05) is 37.3 Å². The summed E-state index contributed by atoms with van der Waals surface area (Å²) in [6.45, 7) is 7.51. The number of ether oxygens (including phenoxy) is 3. The first-order valence-corrected chi connectivity index (χ1v) is 16.4. The molecule has 2 atom stereocenters. The van der Waals surface area contributed by atoms with Gasteiger partial charge in [-0.2, -0.15) is 0 Å². The molecule has 0 aromatic heterocycles. The molecule has 49 heavy (non-hydrogen) atoms. The van der Waals surface area contributed by atoms with Crippen LogP contribution < -0.4 is 21.4 Å². The van der Waals surface area contributed by atoms with Gasteiger partial charge in [-0.05, 0) is 63.3 Å². The van der Waals surface area contributed by atoms with Crippen LogP contribution in [-0.4, -0.2) is 84.5 Å². The van der Waals surface area contributed by atoms with Gasteiger partial charge in [0.05, 0.1) is 6.61 Å². The number of rotatable bonds is 19. The summed E-state index contributed by atoms with van der Waals surface area (Å²) in [5.74, 6) is -1.48. The summed E-state index contributed by atoms with van der Waals surface area (Å²) in [5, 5.41) is 19.1. The summed E-state index contributed by atoms with van der Waals surface area (Å²) in [4.78, 5) is 63.6. The number of benzene rings is 2. The molecule has 14 heteroatoms. The minimum Gasteiger partial charge on any atom is -0.508 e. The zero-order chi connectivity index (χ0) is 36.2. The second kappa shape index (κ2) is 21.2. The Hall–Kier alpha value is -4.85. The summed E-state index contributed by atoms with van der Waals surface area (Å²) in [7, 11) is 1.52. The van der Waals surface area contributed by atoms with Crippen molar-refractivity contribution >= 4 is 30.0 Å². The van der Waals surface area contributed by atoms with Gasteiger partial charge in [0, 0.05) is 32.5 Å². The van der Waals surface area contributed by atoms with Gasteiger partial charge in [0.2, 0.25) is 11.8 Å². The van der Waals surface area contributed by atoms with E-state index in [0.717, 1.165) is 18.4 Å². The van der Waals surface area contributed by atoms with Gasteiger partial charge in [-0.15, -0.1) is 0 Å². The van der Waals surface area contributed by atoms with Gasteiger partial charge in [-0.25, -0.2) is 14.6 Å². The van der Waals surface area contributed by atoms with Crippen LogP contribution in [0.2, 0.25) is 0 Å². The third-order valence-corrected chi connectivity index (χ3v) is 6.82. The molecular formula is C35H51N5O9. The number of phenols is 1. The first-order chi connectivity index (χ1) is 23.2. The molecule has 0 bridgehead atoms. The van der Waals surface area contributed by atoms with Gasteiger partial charge in [-0.1, -0.05) is 55.8 Å². The van der Waals surface area contributed by atoms with Gasteiger partial charge in [-0.3, -0.25) is 19.8 Å². The van der Waals surface area contributed by atoms with E-state index < -0.39 is 47.7 Å². The van der Waals surface area contributed by atoms with Crippen molar-refractivity contribution in [1.29, 1.82) is 0 Å². The van der Waals surface area contributed by atoms with E-state index in [2.05, 4.69) is 21.4 Å². The van der Waals surface area contributed by atoms with Crippen molar-refractivity contribution in [2.24, 2.45) is 0 Å². The number of carbonyl (C=O) groups is 5. The highest BCUT2D eigenvalue weighted by Gasteiger charge is 2.27. The van der Waals surface area contributed by atoms with E-state index in [0.29, 0.717) is 18.6 Å². The van der Waals surface area contributed by atoms with Crippen molar-refractivity contribution in [2.45, 2.75) is 90.5 Å². The Labute approximate surface area is 288 Å². The molecule has 2 aromatic rings. The topological polar surface area (TPSA) is 185 Å². The SMILES string of the molecule is CCCCOC(=O)CN(C)NC(=O)C[C@H](CCCNC(=O)OCc1ccccc1)NC(=O)[C@H](Cc1ccc(O)cc1)NC(=O)OC(C)(C)C. The highest BCUT2D eigenvalue weighted by atomic mass is 16.6. The number of amides is 4. The predicted octanol–water partition coefficient (Wildman–Crippen LogP) is 3.72. The highest BCUT2D eigenvalue weighted by molar-refractivity contribution is 5.87. The van der Waals surface area contributed by atoms with Crippen molar-refractivity contribution in [2.75, 3.05) is 26.7 Å². The molecule has 0 saturated heterocycles. The van der Waals surface area contributed by atoms with Crippen LogP contribution in [-0.2, 0) is 41.6 Å². The van der Waals surface area contributed by atoms with Crippen molar-refractivity contribution in [3.05, 3.63) is 65.7 Å². The zero-order valence-corrected chi connectivity index (χ0v) is 29.1. The first-order valence-electron chi connectivity index (χ1n) is 16.4. The summed E-state index contributed by atoms with van der Waals surface area (Å²) >= 11 is 0. The Morgan fingerprint density at radius 3 is 2.22 bits per heavy atom. The summed E-state index contributed by atoms with van der Waals surface area (Å²) < 4.78 is 15.8. The molecule has 0 fully saturated rings. The van der Waals surface area contributed by atoms with Crippen LogP contribution in [0.1, 0.15) is 70.9 Å². The largest absolute Gasteiger partial charge is 0.508 e. The average molecular weight is 686 g/mol. The third-order valence-electron chi connectivity index (χ3n) is 6.82. The van der Waals surface area contributed by atoms with E-state index in [9.17, 15) is 29.1 Å². The van der Waals surface area contributed by atoms with Crippen LogP contribution in [0.4, 0.5) is 9.59 Å². The van der Waals surface area contributed by atoms with E-state index >= 15 is 0 Å². The molecule has 14 nitrogen and oxygen atoms in total. The second-order valence-corrected chi connectivity index (χ2v) is 12.6. The molecule has 0 heterocycles. The van der Waals surface area contributed by atoms with Crippen LogP contribution >= 0.6 is 0 Å². The Kier molecular flexibility index (Phi) is 17.4. The summed E-state index contributed by atoms with van der Waals surface area (Å²) in [6.07, 6.45) is 0.760. The number of aromatic hydroxyl groups is 1. The maximum absolute atomic E-state index is 13.6. The minimum atomic E-state index is -1.09. The van der Waals surface area contributed by atoms with Crippen LogP contribution in [0.3, 0.4) is 0 Å². The number of hydrogen-bond acceptors (Lipinski definition) is 10. The molecule has 0 saturated carbocycles. The van der Waals surface area contributed by atoms with Crippen molar-refractivity contribution < 1.29 is 43.3 Å². The summed E-state index contributed by atoms with van der Waals surface area (Å²) in [5.41, 5.74) is 3.31. The second-order valence-electron chi connectivity index (χ2n) is 12.6. The number of nitrogens with zero attached hydrogens (tertiary/aromatic N) is 1. The van der Waals surface area contributed by atoms with Crippen LogP contribution in [0.15, 0.2) is 54.6 Å². The van der Waals surface area contributed by atoms with E-state index in [1.54, 1.807) is 32.9 Å². The fraction of sp³-hybridized carbons (Fsp3) is 0.514. The molecule has 2 rings (SSSR count). The Morgan fingerprint density at radius 1 is 0.878 bits per heavy atom. The number of carbonyl (C=O) groups excluding carboxylic acids is 5. The van der Waals surface area contributed by atoms with Crippen LogP contribution in [0.25, 0.3) is 0 Å². The van der Waals surface area contributed by atoms with Crippen molar-refractivity contribution in [1.82, 2.24) is 26.4 Å².